The summed E-state index contributed by atoms with van der Waals surface area (Å²) in [6, 6.07) is 9.93. The van der Waals surface area contributed by atoms with Crippen molar-refractivity contribution in [3.63, 3.8) is 0 Å². The molecule has 4 rings (SSSR count). The maximum absolute atomic E-state index is 13.7. The van der Waals surface area contributed by atoms with Gasteiger partial charge in [0.05, 0.1) is 5.56 Å². The van der Waals surface area contributed by atoms with E-state index in [0.29, 0.717) is 23.1 Å². The Morgan fingerprint density at radius 3 is 1.91 bits per heavy atom. The number of rotatable bonds is 3. The van der Waals surface area contributed by atoms with Gasteiger partial charge in [-0.1, -0.05) is 58.9 Å². The van der Waals surface area contributed by atoms with E-state index in [2.05, 4.69) is 27.7 Å². The molecule has 0 heterocycles. The Balaban J connectivity index is 1.95. The molecule has 0 spiro atoms. The Bertz CT molecular complexity index is 1220. The number of aromatic carboxylic acids is 1. The highest BCUT2D eigenvalue weighted by molar-refractivity contribution is 6.24. The van der Waals surface area contributed by atoms with E-state index < -0.39 is 23.3 Å². The summed E-state index contributed by atoms with van der Waals surface area (Å²) in [4.78, 5) is 23.9. The quantitative estimate of drug-likeness (QED) is 0.539. The Morgan fingerprint density at radius 1 is 0.882 bits per heavy atom. The molecule has 1 N–H and O–H groups in total. The van der Waals surface area contributed by atoms with Gasteiger partial charge in [0.1, 0.15) is 0 Å². The minimum absolute atomic E-state index is 0.0946. The van der Waals surface area contributed by atoms with Crippen molar-refractivity contribution in [1.82, 2.24) is 0 Å². The molecule has 180 valence electrons. The highest BCUT2D eigenvalue weighted by Gasteiger charge is 2.46. The van der Waals surface area contributed by atoms with Gasteiger partial charge in [0.15, 0.2) is 0 Å². The summed E-state index contributed by atoms with van der Waals surface area (Å²) < 4.78 is 41.0. The molecule has 1 unspecified atom stereocenters. The maximum atomic E-state index is 13.7. The predicted molar refractivity (Wildman–Crippen MR) is 125 cm³/mol. The van der Waals surface area contributed by atoms with E-state index in [1.54, 1.807) is 19.1 Å². The topological polar surface area (TPSA) is 54.4 Å². The molecular weight excluding hydrogens is 441 g/mol. The third-order valence-corrected chi connectivity index (χ3v) is 7.68. The summed E-state index contributed by atoms with van der Waals surface area (Å²) in [5.74, 6) is -2.93. The van der Waals surface area contributed by atoms with E-state index in [0.717, 1.165) is 24.0 Å². The van der Waals surface area contributed by atoms with Crippen LogP contribution in [-0.2, 0) is 27.5 Å². The number of fused-ring (bicyclic) bond motifs is 2. The molecular formula is C28H29F3O3. The molecule has 2 aliphatic rings. The zero-order valence-corrected chi connectivity index (χ0v) is 20.1. The van der Waals surface area contributed by atoms with Crippen molar-refractivity contribution in [1.29, 1.82) is 0 Å². The van der Waals surface area contributed by atoms with E-state index in [1.165, 1.54) is 18.2 Å². The number of hydrogen-bond donors (Lipinski definition) is 1. The Hall–Kier alpha value is -2.89. The number of carboxylic acids is 1. The standard InChI is InChI=1S/C28H29F3O3/c1-25(2)10-11-26(3,4)22-13-19-17(12-21(22)25)14-27(5,15-20(19)23(32)28(29,30)31)18-8-6-16(7-9-18)24(33)34/h6-9,12-13,15H,10-11,14H2,1-5H3,(H,33,34). The number of alkyl halides is 3. The molecule has 0 aliphatic heterocycles. The summed E-state index contributed by atoms with van der Waals surface area (Å²) in [6.45, 7) is 10.3. The third-order valence-electron chi connectivity index (χ3n) is 7.68. The van der Waals surface area contributed by atoms with Crippen LogP contribution in [0.1, 0.15) is 85.6 Å². The molecule has 2 aromatic rings. The van der Waals surface area contributed by atoms with Gasteiger partial charge in [0, 0.05) is 11.0 Å². The number of carboxylic acid groups (broad SMARTS) is 1. The van der Waals surface area contributed by atoms with Crippen LogP contribution in [0.5, 0.6) is 0 Å². The van der Waals surface area contributed by atoms with Crippen LogP contribution in [0.3, 0.4) is 0 Å². The molecule has 0 radical (unpaired) electrons. The van der Waals surface area contributed by atoms with Crippen molar-refractivity contribution in [2.45, 2.75) is 76.3 Å². The number of benzene rings is 2. The number of allylic oxidation sites excluding steroid dienone is 2. The molecule has 1 atom stereocenters. The largest absolute Gasteiger partial charge is 0.478 e. The van der Waals surface area contributed by atoms with Gasteiger partial charge in [0.2, 0.25) is 0 Å². The molecule has 0 bridgehead atoms. The number of carbonyl (C=O) groups is 2. The van der Waals surface area contributed by atoms with E-state index >= 15 is 0 Å². The highest BCUT2D eigenvalue weighted by atomic mass is 19.4. The van der Waals surface area contributed by atoms with Gasteiger partial charge in [-0.3, -0.25) is 4.79 Å². The van der Waals surface area contributed by atoms with Gasteiger partial charge >= 0.3 is 12.1 Å². The molecule has 3 nitrogen and oxygen atoms in total. The van der Waals surface area contributed by atoms with Crippen molar-refractivity contribution in [2.24, 2.45) is 0 Å². The van der Waals surface area contributed by atoms with Crippen molar-refractivity contribution in [3.05, 3.63) is 75.9 Å². The van der Waals surface area contributed by atoms with Crippen LogP contribution in [0.15, 0.2) is 42.5 Å². The Morgan fingerprint density at radius 2 is 1.41 bits per heavy atom. The lowest BCUT2D eigenvalue weighted by Crippen LogP contribution is -2.36. The summed E-state index contributed by atoms with van der Waals surface area (Å²) in [7, 11) is 0. The van der Waals surface area contributed by atoms with Crippen LogP contribution >= 0.6 is 0 Å². The van der Waals surface area contributed by atoms with E-state index in [1.807, 2.05) is 12.1 Å². The molecule has 0 saturated carbocycles. The summed E-state index contributed by atoms with van der Waals surface area (Å²) >= 11 is 0. The highest BCUT2D eigenvalue weighted by Crippen LogP contribution is 2.50. The van der Waals surface area contributed by atoms with Gasteiger partial charge in [-0.2, -0.15) is 13.2 Å². The fourth-order valence-corrected chi connectivity index (χ4v) is 5.42. The number of ketones is 1. The van der Waals surface area contributed by atoms with E-state index in [9.17, 15) is 27.9 Å². The fourth-order valence-electron chi connectivity index (χ4n) is 5.42. The van der Waals surface area contributed by atoms with Crippen LogP contribution < -0.4 is 0 Å². The second-order valence-electron chi connectivity index (χ2n) is 11.2. The maximum Gasteiger partial charge on any atom is 0.454 e. The molecule has 0 fully saturated rings. The molecule has 2 aliphatic carbocycles. The monoisotopic (exact) mass is 470 g/mol. The molecule has 6 heteroatoms. The zero-order valence-electron chi connectivity index (χ0n) is 20.1. The van der Waals surface area contributed by atoms with Gasteiger partial charge in [-0.15, -0.1) is 0 Å². The lowest BCUT2D eigenvalue weighted by atomic mass is 9.60. The zero-order chi connectivity index (χ0) is 25.3. The normalized spacial score (nSPS) is 22.9. The first kappa shape index (κ1) is 24.2. The number of Topliss-reactive ketones (excluding diaryl/α,β-unsaturated/α-hetero) is 1. The SMILES string of the molecule is CC1(C)CCC(C)(C)c2cc3c(cc21)CC(C)(c1ccc(C(=O)O)cc1)C=C3C(=O)C(F)(F)F. The number of halogens is 3. The second-order valence-corrected chi connectivity index (χ2v) is 11.2. The molecule has 34 heavy (non-hydrogen) atoms. The second kappa shape index (κ2) is 7.56. The summed E-state index contributed by atoms with van der Waals surface area (Å²) in [5, 5.41) is 9.21. The predicted octanol–water partition coefficient (Wildman–Crippen LogP) is 6.76. The van der Waals surface area contributed by atoms with Crippen LogP contribution in [0.2, 0.25) is 0 Å². The first-order chi connectivity index (χ1) is 15.6. The minimum Gasteiger partial charge on any atom is -0.478 e. The summed E-state index contributed by atoms with van der Waals surface area (Å²) in [5.41, 5.74) is 2.36. The fraction of sp³-hybridized carbons (Fsp3) is 0.429. The number of hydrogen-bond acceptors (Lipinski definition) is 2. The van der Waals surface area contributed by atoms with Crippen molar-refractivity contribution in [3.8, 4) is 0 Å². The lowest BCUT2D eigenvalue weighted by Gasteiger charge is -2.44. The van der Waals surface area contributed by atoms with Crippen LogP contribution in [0.25, 0.3) is 5.57 Å². The summed E-state index contributed by atoms with van der Waals surface area (Å²) in [6.07, 6.45) is -1.30. The van der Waals surface area contributed by atoms with Crippen LogP contribution in [0, 0.1) is 0 Å². The van der Waals surface area contributed by atoms with Gasteiger partial charge in [-0.25, -0.2) is 4.79 Å². The molecule has 0 saturated heterocycles. The van der Waals surface area contributed by atoms with Crippen molar-refractivity contribution >= 4 is 17.3 Å². The van der Waals surface area contributed by atoms with Crippen LogP contribution in [0.4, 0.5) is 13.2 Å². The van der Waals surface area contributed by atoms with Gasteiger partial charge < -0.3 is 5.11 Å². The van der Waals surface area contributed by atoms with Crippen molar-refractivity contribution in [2.75, 3.05) is 0 Å². The smallest absolute Gasteiger partial charge is 0.454 e. The average molecular weight is 471 g/mol. The van der Waals surface area contributed by atoms with Crippen molar-refractivity contribution < 1.29 is 27.9 Å². The third kappa shape index (κ3) is 3.97. The Labute approximate surface area is 197 Å². The first-order valence-corrected chi connectivity index (χ1v) is 11.4. The lowest BCUT2D eigenvalue weighted by molar-refractivity contribution is -0.164. The molecule has 0 aromatic heterocycles. The van der Waals surface area contributed by atoms with Gasteiger partial charge in [-0.05, 0) is 76.1 Å². The molecule has 2 aromatic carbocycles. The first-order valence-electron chi connectivity index (χ1n) is 11.4. The van der Waals surface area contributed by atoms with E-state index in [-0.39, 0.29) is 22.0 Å². The minimum atomic E-state index is -5.00. The number of carbonyl (C=O) groups excluding carboxylic acids is 1. The molecule has 0 amide bonds. The average Bonchev–Trinajstić information content (AvgIpc) is 2.74. The Kier molecular flexibility index (Phi) is 5.39. The van der Waals surface area contributed by atoms with Gasteiger partial charge in [0.25, 0.3) is 5.78 Å². The van der Waals surface area contributed by atoms with Crippen LogP contribution in [-0.4, -0.2) is 23.0 Å². The van der Waals surface area contributed by atoms with E-state index in [4.69, 9.17) is 0 Å².